The summed E-state index contributed by atoms with van der Waals surface area (Å²) in [5, 5.41) is 24.1. The van der Waals surface area contributed by atoms with Crippen molar-refractivity contribution < 1.29 is 33.6 Å². The maximum atomic E-state index is 13.3. The lowest BCUT2D eigenvalue weighted by Crippen LogP contribution is -2.58. The van der Waals surface area contributed by atoms with Gasteiger partial charge in [0.15, 0.2) is 0 Å². The van der Waals surface area contributed by atoms with E-state index in [1.54, 1.807) is 12.1 Å². The van der Waals surface area contributed by atoms with Gasteiger partial charge in [0, 0.05) is 36.5 Å². The van der Waals surface area contributed by atoms with Gasteiger partial charge in [0.1, 0.15) is 18.1 Å². The molecule has 0 radical (unpaired) electrons. The summed E-state index contributed by atoms with van der Waals surface area (Å²) in [6.45, 7) is 9.03. The number of nitrogens with one attached hydrogen (secondary N) is 7. The van der Waals surface area contributed by atoms with Gasteiger partial charge in [-0.1, -0.05) is 58.0 Å². The largest absolute Gasteiger partial charge is 0.370 e. The molecule has 16 nitrogen and oxygen atoms in total. The Hall–Kier alpha value is -5.80. The number of unbranched alkanes of at least 4 members (excludes halogenated alkanes) is 1. The number of hydrogen-bond donors (Lipinski definition) is 8. The van der Waals surface area contributed by atoms with Gasteiger partial charge in [-0.15, -0.1) is 0 Å². The molecule has 0 saturated carbocycles. The number of nitrogens with zero attached hydrogens (tertiary/aromatic N) is 1. The second-order valence-electron chi connectivity index (χ2n) is 14.0. The van der Waals surface area contributed by atoms with Crippen molar-refractivity contribution in [2.24, 2.45) is 17.6 Å². The predicted molar refractivity (Wildman–Crippen MR) is 203 cm³/mol. The van der Waals surface area contributed by atoms with Crippen LogP contribution < -0.4 is 37.6 Å². The van der Waals surface area contributed by atoms with Crippen molar-refractivity contribution in [1.82, 2.24) is 42.1 Å². The fraction of sp³-hybridized carbons (Fsp3) is 0.474. The predicted octanol–water partition coefficient (Wildman–Crippen LogP) is 1.41. The molecule has 2 aromatic carbocycles. The van der Waals surface area contributed by atoms with E-state index < -0.39 is 60.0 Å². The van der Waals surface area contributed by atoms with Crippen LogP contribution in [0.5, 0.6) is 0 Å². The Balaban J connectivity index is 1.42. The van der Waals surface area contributed by atoms with Gasteiger partial charge >= 0.3 is 0 Å². The summed E-state index contributed by atoms with van der Waals surface area (Å²) in [6, 6.07) is 11.6. The van der Waals surface area contributed by atoms with E-state index in [0.29, 0.717) is 31.5 Å². The van der Waals surface area contributed by atoms with Crippen LogP contribution in [-0.4, -0.2) is 89.3 Å². The highest BCUT2D eigenvalue weighted by Gasteiger charge is 2.31. The quantitative estimate of drug-likeness (QED) is 0.0739. The molecule has 3 unspecified atom stereocenters. The number of nitrogens with two attached hydrogens (primary N) is 1. The molecular formula is C38H53N9O7. The standard InChI is InChI=1S/C38H53N9O7/c1-22(2)18-29(44-38(54)31(20-32(39)49)45-37(53)30(19-23(3)4)43-24(5)48)36(52)42-21-33(50)40-16-8-9-17-41-35(51)26-14-12-25(13-15-26)34-27-10-6-7-11-28(27)46-47-34/h6-7,10-15,22-23,29-31H,8-9,16-21H2,1-5H3,(H2,39,49)(H,40,50)(H,41,51)(H,42,52)(H,43,48)(H,44,54)(H,45,53)(H,46,47). The summed E-state index contributed by atoms with van der Waals surface area (Å²) in [6.07, 6.45) is 1.13. The molecule has 0 fully saturated rings. The zero-order valence-electron chi connectivity index (χ0n) is 31.5. The maximum absolute atomic E-state index is 13.3. The number of fused-ring (bicyclic) bond motifs is 1. The summed E-state index contributed by atoms with van der Waals surface area (Å²) >= 11 is 0. The third-order valence-electron chi connectivity index (χ3n) is 8.30. The minimum absolute atomic E-state index is 0.0332. The summed E-state index contributed by atoms with van der Waals surface area (Å²) in [5.74, 6) is -4.08. The minimum atomic E-state index is -1.40. The van der Waals surface area contributed by atoms with Crippen LogP contribution in [0.2, 0.25) is 0 Å². The molecule has 1 aromatic heterocycles. The SMILES string of the molecule is CC(=O)NC(CC(C)C)C(=O)NC(CC(N)=O)C(=O)NC(CC(C)C)C(=O)NCC(=O)NCCCCNC(=O)c1ccc(-c2n[nH]c3ccccc23)cc1. The monoisotopic (exact) mass is 747 g/mol. The number of amides is 7. The molecule has 3 rings (SSSR count). The van der Waals surface area contributed by atoms with Crippen LogP contribution in [0, 0.1) is 11.8 Å². The van der Waals surface area contributed by atoms with Gasteiger partial charge in [-0.05, 0) is 55.7 Å². The van der Waals surface area contributed by atoms with Gasteiger partial charge in [0.2, 0.25) is 35.4 Å². The van der Waals surface area contributed by atoms with Crippen molar-refractivity contribution in [2.75, 3.05) is 19.6 Å². The molecule has 3 aromatic rings. The Labute approximate surface area is 314 Å². The fourth-order valence-corrected chi connectivity index (χ4v) is 5.70. The number of primary amides is 1. The van der Waals surface area contributed by atoms with Crippen molar-refractivity contribution in [1.29, 1.82) is 0 Å². The molecule has 54 heavy (non-hydrogen) atoms. The summed E-state index contributed by atoms with van der Waals surface area (Å²) in [4.78, 5) is 87.9. The van der Waals surface area contributed by atoms with Crippen molar-refractivity contribution in [3.63, 3.8) is 0 Å². The number of aromatic amines is 1. The highest BCUT2D eigenvalue weighted by Crippen LogP contribution is 2.26. The van der Waals surface area contributed by atoms with Crippen LogP contribution in [0.1, 0.15) is 77.1 Å². The van der Waals surface area contributed by atoms with Crippen LogP contribution in [0.4, 0.5) is 0 Å². The number of para-hydroxylation sites is 1. The first-order valence-electron chi connectivity index (χ1n) is 18.2. The van der Waals surface area contributed by atoms with Crippen LogP contribution in [0.25, 0.3) is 22.2 Å². The van der Waals surface area contributed by atoms with E-state index in [0.717, 1.165) is 22.2 Å². The summed E-state index contributed by atoms with van der Waals surface area (Å²) in [5.41, 5.74) is 8.49. The van der Waals surface area contributed by atoms with E-state index in [2.05, 4.69) is 42.1 Å². The zero-order valence-corrected chi connectivity index (χ0v) is 31.5. The second kappa shape index (κ2) is 21.0. The first-order valence-corrected chi connectivity index (χ1v) is 18.2. The molecule has 7 amide bonds. The average molecular weight is 748 g/mol. The van der Waals surface area contributed by atoms with Crippen molar-refractivity contribution in [3.05, 3.63) is 54.1 Å². The highest BCUT2D eigenvalue weighted by molar-refractivity contribution is 5.98. The molecule has 292 valence electrons. The molecule has 1 heterocycles. The molecule has 0 saturated heterocycles. The van der Waals surface area contributed by atoms with E-state index in [1.807, 2.05) is 64.1 Å². The van der Waals surface area contributed by atoms with Crippen LogP contribution in [0.3, 0.4) is 0 Å². The number of H-pyrrole nitrogens is 1. The number of benzene rings is 2. The second-order valence-corrected chi connectivity index (χ2v) is 14.0. The summed E-state index contributed by atoms with van der Waals surface area (Å²) in [7, 11) is 0. The Morgan fingerprint density at radius 2 is 1.28 bits per heavy atom. The van der Waals surface area contributed by atoms with E-state index in [4.69, 9.17) is 5.73 Å². The number of rotatable bonds is 21. The number of hydrogen-bond acceptors (Lipinski definition) is 8. The third-order valence-corrected chi connectivity index (χ3v) is 8.30. The Morgan fingerprint density at radius 3 is 1.89 bits per heavy atom. The van der Waals surface area contributed by atoms with Crippen molar-refractivity contribution >= 4 is 52.3 Å². The van der Waals surface area contributed by atoms with Crippen LogP contribution in [0.15, 0.2) is 48.5 Å². The molecule has 0 aliphatic rings. The van der Waals surface area contributed by atoms with Crippen molar-refractivity contribution in [2.45, 2.75) is 84.8 Å². The van der Waals surface area contributed by atoms with Crippen molar-refractivity contribution in [3.8, 4) is 11.3 Å². The molecular weight excluding hydrogens is 694 g/mol. The molecule has 0 aliphatic carbocycles. The van der Waals surface area contributed by atoms with Gasteiger partial charge in [-0.2, -0.15) is 5.10 Å². The Kier molecular flexibility index (Phi) is 16.6. The molecule has 16 heteroatoms. The number of carbonyl (C=O) groups excluding carboxylic acids is 7. The summed E-state index contributed by atoms with van der Waals surface area (Å²) < 4.78 is 0. The van der Waals surface area contributed by atoms with Gasteiger partial charge in [0.25, 0.3) is 5.91 Å². The molecule has 3 atom stereocenters. The van der Waals surface area contributed by atoms with E-state index in [1.165, 1.54) is 6.92 Å². The van der Waals surface area contributed by atoms with Crippen LogP contribution in [-0.2, 0) is 28.8 Å². The highest BCUT2D eigenvalue weighted by atomic mass is 16.2. The lowest BCUT2D eigenvalue weighted by Gasteiger charge is -2.26. The molecule has 0 spiro atoms. The normalized spacial score (nSPS) is 12.7. The lowest BCUT2D eigenvalue weighted by molar-refractivity contribution is -0.135. The Morgan fingerprint density at radius 1 is 0.704 bits per heavy atom. The molecule has 0 bridgehead atoms. The van der Waals surface area contributed by atoms with Gasteiger partial charge in [-0.25, -0.2) is 0 Å². The van der Waals surface area contributed by atoms with E-state index in [-0.39, 0.29) is 37.1 Å². The molecule has 9 N–H and O–H groups in total. The van der Waals surface area contributed by atoms with E-state index in [9.17, 15) is 33.6 Å². The van der Waals surface area contributed by atoms with Gasteiger partial charge < -0.3 is 37.6 Å². The third kappa shape index (κ3) is 14.0. The molecule has 0 aliphatic heterocycles. The average Bonchev–Trinajstić information content (AvgIpc) is 3.54. The number of aromatic nitrogens is 2. The van der Waals surface area contributed by atoms with Crippen LogP contribution >= 0.6 is 0 Å². The van der Waals surface area contributed by atoms with E-state index >= 15 is 0 Å². The lowest BCUT2D eigenvalue weighted by atomic mass is 10.0. The first-order chi connectivity index (χ1) is 25.6. The van der Waals surface area contributed by atoms with Gasteiger partial charge in [0.05, 0.1) is 24.2 Å². The topological polar surface area (TPSA) is 246 Å². The number of carbonyl (C=O) groups is 7. The Bertz CT molecular complexity index is 1770. The maximum Gasteiger partial charge on any atom is 0.251 e. The van der Waals surface area contributed by atoms with Gasteiger partial charge in [-0.3, -0.25) is 38.7 Å². The minimum Gasteiger partial charge on any atom is -0.370 e. The smallest absolute Gasteiger partial charge is 0.251 e. The first kappa shape index (κ1) is 42.6. The fourth-order valence-electron chi connectivity index (χ4n) is 5.70. The zero-order chi connectivity index (χ0) is 39.8.